The van der Waals surface area contributed by atoms with Gasteiger partial charge < -0.3 is 14.7 Å². The molecule has 1 rings (SSSR count). The quantitative estimate of drug-likeness (QED) is 0.298. The topological polar surface area (TPSA) is 49.8 Å². The van der Waals surface area contributed by atoms with Gasteiger partial charge in [0.05, 0.1) is 24.4 Å². The first-order valence-corrected chi connectivity index (χ1v) is 8.02. The van der Waals surface area contributed by atoms with E-state index in [0.29, 0.717) is 46.5 Å². The van der Waals surface area contributed by atoms with Crippen LogP contribution in [0.1, 0.15) is 26.2 Å². The van der Waals surface area contributed by atoms with Crippen molar-refractivity contribution in [2.45, 2.75) is 26.2 Å². The van der Waals surface area contributed by atoms with Crippen molar-refractivity contribution in [1.29, 1.82) is 0 Å². The summed E-state index contributed by atoms with van der Waals surface area (Å²) in [6.45, 7) is 1.75. The van der Waals surface area contributed by atoms with Gasteiger partial charge in [-0.05, 0) is 31.8 Å². The number of aliphatic hydroxyl groups is 1. The Balaban J connectivity index is 2.95. The van der Waals surface area contributed by atoms with Gasteiger partial charge in [-0.25, -0.2) is 0 Å². The molecule has 0 aromatic carbocycles. The van der Waals surface area contributed by atoms with E-state index in [4.69, 9.17) is 34.4 Å². The zero-order chi connectivity index (χ0) is 17.4. The molecule has 1 saturated carbocycles. The van der Waals surface area contributed by atoms with E-state index in [1.54, 1.807) is 14.0 Å². The lowest BCUT2D eigenvalue weighted by Crippen LogP contribution is -2.27. The van der Waals surface area contributed by atoms with Gasteiger partial charge in [-0.3, -0.25) is 4.79 Å². The van der Waals surface area contributed by atoms with Crippen molar-refractivity contribution in [2.75, 3.05) is 20.3 Å². The number of carbonyl (C=O) groups excluding carboxylic acids is 1. The van der Waals surface area contributed by atoms with Crippen LogP contribution in [-0.2, 0) is 9.53 Å². The van der Waals surface area contributed by atoms with E-state index in [9.17, 15) is 9.90 Å². The number of aliphatic hydroxyl groups excluding tert-OH is 1. The standard InChI is InChI=1S/C17H21Cl2NO3/c1-4-5-15(19)14(12(2)18)8-9-20(11-22)16(10-21)17(23-3)13-6-7-13/h1,5,11,13,21H,6-10H2,2-3H3/b14-12+,15-5+,17-16-. The van der Waals surface area contributed by atoms with Crippen LogP contribution in [0.25, 0.3) is 0 Å². The van der Waals surface area contributed by atoms with Gasteiger partial charge in [0, 0.05) is 23.6 Å². The number of hydrogen-bond donors (Lipinski definition) is 1. The minimum Gasteiger partial charge on any atom is -0.499 e. The predicted octanol–water partition coefficient (Wildman–Crippen LogP) is 3.36. The number of halogens is 2. The van der Waals surface area contributed by atoms with Crippen molar-refractivity contribution >= 4 is 29.6 Å². The van der Waals surface area contributed by atoms with E-state index in [0.717, 1.165) is 12.8 Å². The first kappa shape index (κ1) is 19.6. The molecule has 0 unspecified atom stereocenters. The molecule has 0 bridgehead atoms. The molecule has 1 aliphatic carbocycles. The van der Waals surface area contributed by atoms with E-state index >= 15 is 0 Å². The van der Waals surface area contributed by atoms with Crippen LogP contribution < -0.4 is 0 Å². The Labute approximate surface area is 147 Å². The molecule has 4 nitrogen and oxygen atoms in total. The van der Waals surface area contributed by atoms with Crippen molar-refractivity contribution in [3.8, 4) is 12.3 Å². The fraction of sp³-hybridized carbons (Fsp3) is 0.471. The summed E-state index contributed by atoms with van der Waals surface area (Å²) < 4.78 is 5.37. The maximum atomic E-state index is 11.4. The fourth-order valence-corrected chi connectivity index (χ4v) is 2.82. The van der Waals surface area contributed by atoms with Gasteiger partial charge in [0.2, 0.25) is 6.41 Å². The van der Waals surface area contributed by atoms with E-state index < -0.39 is 0 Å². The monoisotopic (exact) mass is 357 g/mol. The molecule has 1 N–H and O–H groups in total. The normalized spacial score (nSPS) is 17.0. The number of methoxy groups -OCH3 is 1. The van der Waals surface area contributed by atoms with Crippen LogP contribution in [0.4, 0.5) is 0 Å². The molecular formula is C17H21Cl2NO3. The lowest BCUT2D eigenvalue weighted by molar-refractivity contribution is -0.117. The highest BCUT2D eigenvalue weighted by Gasteiger charge is 2.31. The van der Waals surface area contributed by atoms with Crippen molar-refractivity contribution in [3.05, 3.63) is 33.2 Å². The van der Waals surface area contributed by atoms with E-state index in [1.807, 2.05) is 0 Å². The third-order valence-electron chi connectivity index (χ3n) is 3.59. The van der Waals surface area contributed by atoms with Crippen molar-refractivity contribution in [1.82, 2.24) is 4.90 Å². The van der Waals surface area contributed by atoms with Gasteiger partial charge >= 0.3 is 0 Å². The van der Waals surface area contributed by atoms with Gasteiger partial charge in [-0.1, -0.05) is 29.1 Å². The molecule has 1 amide bonds. The molecule has 0 aromatic heterocycles. The molecule has 1 aliphatic rings. The molecule has 126 valence electrons. The van der Waals surface area contributed by atoms with Crippen LogP contribution in [0.5, 0.6) is 0 Å². The molecule has 0 aromatic rings. The number of rotatable bonds is 9. The third-order valence-corrected chi connectivity index (χ3v) is 4.16. The molecule has 1 fully saturated rings. The molecule has 0 saturated heterocycles. The SMILES string of the molecule is C#C/C=C(Cl)\C(CCN(C=O)/C(CO)=C(\OC)C1CC1)=C(/C)Cl. The Morgan fingerprint density at radius 3 is 2.52 bits per heavy atom. The Morgan fingerprint density at radius 1 is 1.48 bits per heavy atom. The van der Waals surface area contributed by atoms with Crippen LogP contribution in [0.3, 0.4) is 0 Å². The molecule has 0 heterocycles. The molecule has 0 aliphatic heterocycles. The molecule has 6 heteroatoms. The van der Waals surface area contributed by atoms with Gasteiger partial charge in [-0.2, -0.15) is 0 Å². The summed E-state index contributed by atoms with van der Waals surface area (Å²) in [5.74, 6) is 3.29. The van der Waals surface area contributed by atoms with Crippen LogP contribution in [0, 0.1) is 18.3 Å². The fourth-order valence-electron chi connectivity index (χ4n) is 2.28. The van der Waals surface area contributed by atoms with E-state index in [-0.39, 0.29) is 12.5 Å². The largest absolute Gasteiger partial charge is 0.499 e. The first-order chi connectivity index (χ1) is 11.0. The minimum absolute atomic E-state index is 0.273. The van der Waals surface area contributed by atoms with Crippen LogP contribution in [0.15, 0.2) is 33.2 Å². The summed E-state index contributed by atoms with van der Waals surface area (Å²) >= 11 is 12.2. The smallest absolute Gasteiger partial charge is 0.214 e. The molecule has 0 radical (unpaired) electrons. The zero-order valence-corrected chi connectivity index (χ0v) is 14.8. The third kappa shape index (κ3) is 5.62. The Bertz CT molecular complexity index is 565. The Kier molecular flexibility index (Phi) is 8.25. The maximum absolute atomic E-state index is 11.4. The predicted molar refractivity (Wildman–Crippen MR) is 92.6 cm³/mol. The average molecular weight is 358 g/mol. The lowest BCUT2D eigenvalue weighted by Gasteiger charge is -2.23. The number of allylic oxidation sites excluding steroid dienone is 4. The summed E-state index contributed by atoms with van der Waals surface area (Å²) in [7, 11) is 1.55. The molecule has 0 atom stereocenters. The molecule has 23 heavy (non-hydrogen) atoms. The highest BCUT2D eigenvalue weighted by molar-refractivity contribution is 6.35. The Hall–Kier alpha value is -1.41. The second-order valence-corrected chi connectivity index (χ2v) is 6.14. The van der Waals surface area contributed by atoms with Gasteiger partial charge in [-0.15, -0.1) is 6.42 Å². The van der Waals surface area contributed by atoms with Crippen LogP contribution in [-0.4, -0.2) is 36.7 Å². The highest BCUT2D eigenvalue weighted by atomic mass is 35.5. The summed E-state index contributed by atoms with van der Waals surface area (Å²) in [6, 6.07) is 0. The Morgan fingerprint density at radius 2 is 2.13 bits per heavy atom. The average Bonchev–Trinajstić information content (AvgIpc) is 3.34. The number of nitrogens with zero attached hydrogens (tertiary/aromatic N) is 1. The number of ether oxygens (including phenoxy) is 1. The van der Waals surface area contributed by atoms with Gasteiger partial charge in [0.1, 0.15) is 5.76 Å². The highest BCUT2D eigenvalue weighted by Crippen LogP contribution is 2.38. The first-order valence-electron chi connectivity index (χ1n) is 7.27. The minimum atomic E-state index is -0.273. The van der Waals surface area contributed by atoms with E-state index in [1.165, 1.54) is 11.0 Å². The van der Waals surface area contributed by atoms with Gasteiger partial charge in [0.25, 0.3) is 0 Å². The second-order valence-electron chi connectivity index (χ2n) is 5.17. The van der Waals surface area contributed by atoms with Crippen molar-refractivity contribution in [3.63, 3.8) is 0 Å². The summed E-state index contributed by atoms with van der Waals surface area (Å²) in [5, 5.41) is 10.5. The second kappa shape index (κ2) is 9.67. The molecular weight excluding hydrogens is 337 g/mol. The number of terminal acetylenes is 1. The van der Waals surface area contributed by atoms with Crippen LogP contribution in [0.2, 0.25) is 0 Å². The van der Waals surface area contributed by atoms with Crippen molar-refractivity contribution in [2.24, 2.45) is 5.92 Å². The maximum Gasteiger partial charge on any atom is 0.214 e. The van der Waals surface area contributed by atoms with Crippen LogP contribution >= 0.6 is 23.2 Å². The number of amides is 1. The molecule has 0 spiro atoms. The zero-order valence-electron chi connectivity index (χ0n) is 13.3. The van der Waals surface area contributed by atoms with E-state index in [2.05, 4.69) is 5.92 Å². The summed E-state index contributed by atoms with van der Waals surface area (Å²) in [4.78, 5) is 12.9. The number of carbonyl (C=O) groups is 1. The van der Waals surface area contributed by atoms with Gasteiger partial charge in [0.15, 0.2) is 0 Å². The van der Waals surface area contributed by atoms with Crippen molar-refractivity contribution < 1.29 is 14.6 Å². The summed E-state index contributed by atoms with van der Waals surface area (Å²) in [6.07, 6.45) is 9.73. The number of hydrogen-bond acceptors (Lipinski definition) is 3. The lowest BCUT2D eigenvalue weighted by atomic mass is 10.1. The summed E-state index contributed by atoms with van der Waals surface area (Å²) in [5.41, 5.74) is 1.15.